The molecule has 25 heavy (non-hydrogen) atoms. The largest absolute Gasteiger partial charge is 0.478 e. The van der Waals surface area contributed by atoms with Crippen LogP contribution in [0.4, 0.5) is 11.5 Å². The number of carbonyl (C=O) groups is 1. The van der Waals surface area contributed by atoms with Crippen LogP contribution in [0.1, 0.15) is 15.9 Å². The first kappa shape index (κ1) is 15.4. The number of hydrogen-bond acceptors (Lipinski definition) is 4. The quantitative estimate of drug-likeness (QED) is 0.575. The maximum atomic E-state index is 11.2. The summed E-state index contributed by atoms with van der Waals surface area (Å²) in [5.74, 6) is -0.436. The zero-order chi connectivity index (χ0) is 17.6. The minimum Gasteiger partial charge on any atom is -0.478 e. The molecule has 0 aliphatic carbocycles. The number of fused-ring (bicyclic) bond motifs is 3. The number of aromatic nitrogens is 3. The summed E-state index contributed by atoms with van der Waals surface area (Å²) in [5.41, 5.74) is 4.02. The molecule has 0 saturated heterocycles. The highest BCUT2D eigenvalue weighted by molar-refractivity contribution is 6.33. The van der Waals surface area contributed by atoms with E-state index in [-0.39, 0.29) is 5.56 Å². The molecule has 0 amide bonds. The summed E-state index contributed by atoms with van der Waals surface area (Å²) in [6.07, 6.45) is 3.37. The summed E-state index contributed by atoms with van der Waals surface area (Å²) in [7, 11) is 0. The molecule has 2 N–H and O–H groups in total. The van der Waals surface area contributed by atoms with E-state index in [2.05, 4.69) is 15.3 Å². The highest BCUT2D eigenvalue weighted by atomic mass is 35.5. The molecule has 124 valence electrons. The SMILES string of the molecule is Cc1cccc(Cl)c1Nc1nc2cc(C(=O)O)ccc2n2cncc12. The van der Waals surface area contributed by atoms with E-state index in [1.165, 1.54) is 0 Å². The molecule has 2 aromatic carbocycles. The van der Waals surface area contributed by atoms with Crippen LogP contribution in [0.2, 0.25) is 5.02 Å². The Morgan fingerprint density at radius 1 is 1.24 bits per heavy atom. The molecule has 0 unspecified atom stereocenters. The Labute approximate surface area is 147 Å². The second kappa shape index (κ2) is 5.75. The number of rotatable bonds is 3. The van der Waals surface area contributed by atoms with Gasteiger partial charge in [0.25, 0.3) is 0 Å². The molecule has 0 fully saturated rings. The van der Waals surface area contributed by atoms with E-state index in [1.807, 2.05) is 23.5 Å². The smallest absolute Gasteiger partial charge is 0.335 e. The fraction of sp³-hybridized carbons (Fsp3) is 0.0556. The zero-order valence-electron chi connectivity index (χ0n) is 13.2. The lowest BCUT2D eigenvalue weighted by Crippen LogP contribution is -2.02. The monoisotopic (exact) mass is 352 g/mol. The number of halogens is 1. The number of aromatic carboxylic acids is 1. The normalized spacial score (nSPS) is 11.1. The van der Waals surface area contributed by atoms with Crippen molar-refractivity contribution < 1.29 is 9.90 Å². The van der Waals surface area contributed by atoms with Crippen LogP contribution >= 0.6 is 11.6 Å². The Hall–Kier alpha value is -3.12. The number of imidazole rings is 1. The van der Waals surface area contributed by atoms with Crippen molar-refractivity contribution in [2.45, 2.75) is 6.92 Å². The Kier molecular flexibility index (Phi) is 3.54. The molecule has 0 bridgehead atoms. The number of nitrogens with zero attached hydrogens (tertiary/aromatic N) is 3. The van der Waals surface area contributed by atoms with Gasteiger partial charge in [-0.2, -0.15) is 0 Å². The summed E-state index contributed by atoms with van der Waals surface area (Å²) in [6.45, 7) is 1.95. The summed E-state index contributed by atoms with van der Waals surface area (Å²) >= 11 is 6.30. The predicted octanol–water partition coefficient (Wildman–Crippen LogP) is 4.29. The second-order valence-corrected chi connectivity index (χ2v) is 6.08. The minimum atomic E-state index is -0.995. The first-order valence-corrected chi connectivity index (χ1v) is 7.93. The summed E-state index contributed by atoms with van der Waals surface area (Å²) in [5, 5.41) is 13.1. The molecule has 6 nitrogen and oxygen atoms in total. The van der Waals surface area contributed by atoms with Gasteiger partial charge in [0, 0.05) is 0 Å². The number of carboxylic acids is 1. The van der Waals surface area contributed by atoms with Crippen molar-refractivity contribution in [1.29, 1.82) is 0 Å². The molecule has 0 aliphatic heterocycles. The number of carboxylic acid groups (broad SMARTS) is 1. The van der Waals surface area contributed by atoms with Crippen molar-refractivity contribution in [3.05, 3.63) is 65.1 Å². The number of anilines is 2. The zero-order valence-corrected chi connectivity index (χ0v) is 13.9. The van der Waals surface area contributed by atoms with Gasteiger partial charge in [-0.25, -0.2) is 14.8 Å². The molecule has 2 aromatic heterocycles. The topological polar surface area (TPSA) is 79.5 Å². The molecule has 4 rings (SSSR count). The van der Waals surface area contributed by atoms with Gasteiger partial charge < -0.3 is 10.4 Å². The lowest BCUT2D eigenvalue weighted by atomic mass is 10.2. The fourth-order valence-electron chi connectivity index (χ4n) is 2.79. The van der Waals surface area contributed by atoms with Gasteiger partial charge in [-0.1, -0.05) is 23.7 Å². The molecule has 0 spiro atoms. The van der Waals surface area contributed by atoms with Crippen molar-refractivity contribution in [3.63, 3.8) is 0 Å². The summed E-state index contributed by atoms with van der Waals surface area (Å²) < 4.78 is 1.86. The van der Waals surface area contributed by atoms with Crippen LogP contribution in [0.15, 0.2) is 48.9 Å². The van der Waals surface area contributed by atoms with E-state index in [0.29, 0.717) is 16.4 Å². The minimum absolute atomic E-state index is 0.180. The molecule has 7 heteroatoms. The summed E-state index contributed by atoms with van der Waals surface area (Å²) in [4.78, 5) is 20.0. The van der Waals surface area contributed by atoms with E-state index in [9.17, 15) is 9.90 Å². The first-order valence-electron chi connectivity index (χ1n) is 7.56. The van der Waals surface area contributed by atoms with Gasteiger partial charge in [0.1, 0.15) is 5.52 Å². The van der Waals surface area contributed by atoms with Crippen LogP contribution in [0, 0.1) is 6.92 Å². The number of benzene rings is 2. The molecule has 0 saturated carbocycles. The third-order valence-corrected chi connectivity index (χ3v) is 4.38. The lowest BCUT2D eigenvalue weighted by Gasteiger charge is -2.13. The van der Waals surface area contributed by atoms with Crippen LogP contribution in [0.3, 0.4) is 0 Å². The molecule has 4 aromatic rings. The van der Waals surface area contributed by atoms with Gasteiger partial charge in [-0.05, 0) is 36.8 Å². The highest BCUT2D eigenvalue weighted by Gasteiger charge is 2.13. The Morgan fingerprint density at radius 2 is 2.08 bits per heavy atom. The van der Waals surface area contributed by atoms with Crippen LogP contribution in [-0.2, 0) is 0 Å². The van der Waals surface area contributed by atoms with Gasteiger partial charge in [0.2, 0.25) is 0 Å². The van der Waals surface area contributed by atoms with E-state index >= 15 is 0 Å². The molecular formula is C18H13ClN4O2. The molecule has 2 heterocycles. The van der Waals surface area contributed by atoms with Gasteiger partial charge in [0.05, 0.1) is 39.8 Å². The molecule has 0 radical (unpaired) electrons. The highest BCUT2D eigenvalue weighted by Crippen LogP contribution is 2.31. The number of nitrogens with one attached hydrogen (secondary N) is 1. The maximum Gasteiger partial charge on any atom is 0.335 e. The Bertz CT molecular complexity index is 1120. The van der Waals surface area contributed by atoms with E-state index < -0.39 is 5.97 Å². The number of para-hydroxylation sites is 1. The second-order valence-electron chi connectivity index (χ2n) is 5.67. The van der Waals surface area contributed by atoms with E-state index in [4.69, 9.17) is 11.6 Å². The van der Waals surface area contributed by atoms with Crippen LogP contribution in [0.25, 0.3) is 16.6 Å². The Morgan fingerprint density at radius 3 is 2.84 bits per heavy atom. The van der Waals surface area contributed by atoms with Crippen molar-refractivity contribution in [1.82, 2.24) is 14.4 Å². The van der Waals surface area contributed by atoms with Gasteiger partial charge in [-0.15, -0.1) is 0 Å². The lowest BCUT2D eigenvalue weighted by molar-refractivity contribution is 0.0697. The average Bonchev–Trinajstić information content (AvgIpc) is 3.07. The predicted molar refractivity (Wildman–Crippen MR) is 96.9 cm³/mol. The fourth-order valence-corrected chi connectivity index (χ4v) is 3.06. The summed E-state index contributed by atoms with van der Waals surface area (Å²) in [6, 6.07) is 10.5. The maximum absolute atomic E-state index is 11.2. The van der Waals surface area contributed by atoms with Crippen molar-refractivity contribution in [2.75, 3.05) is 5.32 Å². The third kappa shape index (κ3) is 2.56. The van der Waals surface area contributed by atoms with Crippen LogP contribution in [0.5, 0.6) is 0 Å². The van der Waals surface area contributed by atoms with Gasteiger partial charge in [0.15, 0.2) is 5.82 Å². The third-order valence-electron chi connectivity index (χ3n) is 4.06. The van der Waals surface area contributed by atoms with Gasteiger partial charge >= 0.3 is 5.97 Å². The molecule has 0 atom stereocenters. The standard InChI is InChI=1S/C18H13ClN4O2/c1-10-3-2-4-12(19)16(10)22-17-15-8-20-9-23(15)14-6-5-11(18(24)25)7-13(14)21-17/h2-9H,1H3,(H,21,22)(H,24,25). The van der Waals surface area contributed by atoms with Crippen molar-refractivity contribution in [2.24, 2.45) is 0 Å². The number of hydrogen-bond donors (Lipinski definition) is 2. The molecular weight excluding hydrogens is 340 g/mol. The average molecular weight is 353 g/mol. The van der Waals surface area contributed by atoms with E-state index in [0.717, 1.165) is 22.3 Å². The van der Waals surface area contributed by atoms with Crippen LogP contribution in [-0.4, -0.2) is 25.4 Å². The van der Waals surface area contributed by atoms with E-state index in [1.54, 1.807) is 36.8 Å². The van der Waals surface area contributed by atoms with Crippen LogP contribution < -0.4 is 5.32 Å². The van der Waals surface area contributed by atoms with Crippen molar-refractivity contribution >= 4 is 45.6 Å². The molecule has 0 aliphatic rings. The Balaban J connectivity index is 1.95. The van der Waals surface area contributed by atoms with Gasteiger partial charge in [-0.3, -0.25) is 4.40 Å². The van der Waals surface area contributed by atoms with Crippen molar-refractivity contribution in [3.8, 4) is 0 Å². The number of aryl methyl sites for hydroxylation is 1. The first-order chi connectivity index (χ1) is 12.0.